The van der Waals surface area contributed by atoms with Crippen molar-refractivity contribution in [1.29, 1.82) is 0 Å². The Morgan fingerprint density at radius 1 is 1.29 bits per heavy atom. The Morgan fingerprint density at radius 2 is 1.94 bits per heavy atom. The zero-order valence-corrected chi connectivity index (χ0v) is 12.0. The molecule has 0 radical (unpaired) electrons. The number of hydrogen-bond acceptors (Lipinski definition) is 2. The van der Waals surface area contributed by atoms with Crippen LogP contribution in [0.15, 0.2) is 0 Å². The number of hydrogen-bond donors (Lipinski definition) is 1. The Labute approximate surface area is 112 Å². The van der Waals surface area contributed by atoms with E-state index in [9.17, 15) is 4.79 Å². The van der Waals surface area contributed by atoms with Crippen molar-refractivity contribution in [2.24, 2.45) is 5.92 Å². The summed E-state index contributed by atoms with van der Waals surface area (Å²) in [6.45, 7) is 1.70. The van der Waals surface area contributed by atoms with Gasteiger partial charge in [-0.1, -0.05) is 32.1 Å². The van der Waals surface area contributed by atoms with Gasteiger partial charge in [0.15, 0.2) is 0 Å². The molecular formula is C13H27ClN2O. The SMILES string of the molecule is CNCCN(C)C(=O)CCC1CCCCC1.Cl. The van der Waals surface area contributed by atoms with Crippen LogP contribution in [0.2, 0.25) is 0 Å². The lowest BCUT2D eigenvalue weighted by Crippen LogP contribution is -2.32. The van der Waals surface area contributed by atoms with Crippen LogP contribution in [0.25, 0.3) is 0 Å². The lowest BCUT2D eigenvalue weighted by Gasteiger charge is -2.23. The van der Waals surface area contributed by atoms with E-state index in [0.29, 0.717) is 5.91 Å². The molecule has 0 unspecified atom stereocenters. The molecule has 1 amide bonds. The minimum absolute atomic E-state index is 0. The monoisotopic (exact) mass is 262 g/mol. The molecule has 1 aliphatic carbocycles. The maximum Gasteiger partial charge on any atom is 0.222 e. The highest BCUT2D eigenvalue weighted by atomic mass is 35.5. The van der Waals surface area contributed by atoms with E-state index in [1.165, 1.54) is 32.1 Å². The van der Waals surface area contributed by atoms with Crippen molar-refractivity contribution in [3.63, 3.8) is 0 Å². The quantitative estimate of drug-likeness (QED) is 0.798. The third kappa shape index (κ3) is 6.89. The number of halogens is 1. The van der Waals surface area contributed by atoms with Gasteiger partial charge >= 0.3 is 0 Å². The maximum atomic E-state index is 11.8. The van der Waals surface area contributed by atoms with Gasteiger partial charge in [-0.05, 0) is 19.4 Å². The summed E-state index contributed by atoms with van der Waals surface area (Å²) in [6.07, 6.45) is 8.66. The van der Waals surface area contributed by atoms with Gasteiger partial charge in [0, 0.05) is 26.6 Å². The number of rotatable bonds is 6. The third-order valence-electron chi connectivity index (χ3n) is 3.61. The zero-order valence-electron chi connectivity index (χ0n) is 11.2. The standard InChI is InChI=1S/C13H26N2O.ClH/c1-14-10-11-15(2)13(16)9-8-12-6-4-3-5-7-12;/h12,14H,3-11H2,1-2H3;1H. The summed E-state index contributed by atoms with van der Waals surface area (Å²) in [5.41, 5.74) is 0. The molecule has 4 heteroatoms. The first kappa shape index (κ1) is 16.7. The van der Waals surface area contributed by atoms with Crippen molar-refractivity contribution in [2.45, 2.75) is 44.9 Å². The molecule has 0 aromatic carbocycles. The molecule has 1 fully saturated rings. The molecule has 0 heterocycles. The van der Waals surface area contributed by atoms with Gasteiger partial charge in [0.1, 0.15) is 0 Å². The van der Waals surface area contributed by atoms with Crippen LogP contribution >= 0.6 is 12.4 Å². The third-order valence-corrected chi connectivity index (χ3v) is 3.61. The van der Waals surface area contributed by atoms with Crippen molar-refractivity contribution in [1.82, 2.24) is 10.2 Å². The largest absolute Gasteiger partial charge is 0.344 e. The highest BCUT2D eigenvalue weighted by Gasteiger charge is 2.16. The predicted octanol–water partition coefficient (Wildman–Crippen LogP) is 2.45. The number of carbonyl (C=O) groups excluding carboxylic acids is 1. The number of amides is 1. The van der Waals surface area contributed by atoms with Crippen LogP contribution in [0.1, 0.15) is 44.9 Å². The number of nitrogens with one attached hydrogen (secondary N) is 1. The van der Waals surface area contributed by atoms with E-state index in [1.54, 1.807) is 0 Å². The van der Waals surface area contributed by atoms with Gasteiger partial charge in [-0.25, -0.2) is 0 Å². The summed E-state index contributed by atoms with van der Waals surface area (Å²) in [7, 11) is 3.82. The molecule has 0 aliphatic heterocycles. The lowest BCUT2D eigenvalue weighted by molar-refractivity contribution is -0.130. The Bertz CT molecular complexity index is 206. The van der Waals surface area contributed by atoms with Crippen LogP contribution in [0.5, 0.6) is 0 Å². The minimum atomic E-state index is 0. The summed E-state index contributed by atoms with van der Waals surface area (Å²) in [4.78, 5) is 13.6. The van der Waals surface area contributed by atoms with Crippen LogP contribution in [-0.4, -0.2) is 38.0 Å². The van der Waals surface area contributed by atoms with E-state index in [4.69, 9.17) is 0 Å². The number of likely N-dealkylation sites (N-methyl/N-ethyl adjacent to an activating group) is 2. The number of nitrogens with zero attached hydrogens (tertiary/aromatic N) is 1. The van der Waals surface area contributed by atoms with Crippen molar-refractivity contribution in [2.75, 3.05) is 27.2 Å². The average Bonchev–Trinajstić information content (AvgIpc) is 2.34. The second-order valence-corrected chi connectivity index (χ2v) is 4.96. The first-order valence-electron chi connectivity index (χ1n) is 6.62. The molecular weight excluding hydrogens is 236 g/mol. The van der Waals surface area contributed by atoms with Crippen molar-refractivity contribution in [3.05, 3.63) is 0 Å². The topological polar surface area (TPSA) is 32.3 Å². The van der Waals surface area contributed by atoms with Crippen molar-refractivity contribution in [3.8, 4) is 0 Å². The van der Waals surface area contributed by atoms with E-state index >= 15 is 0 Å². The number of carbonyl (C=O) groups is 1. The predicted molar refractivity (Wildman–Crippen MR) is 74.6 cm³/mol. The van der Waals surface area contributed by atoms with Gasteiger partial charge in [0.25, 0.3) is 0 Å². The van der Waals surface area contributed by atoms with Gasteiger partial charge in [-0.3, -0.25) is 4.79 Å². The average molecular weight is 263 g/mol. The van der Waals surface area contributed by atoms with Crippen LogP contribution in [0, 0.1) is 5.92 Å². The second-order valence-electron chi connectivity index (χ2n) is 4.96. The van der Waals surface area contributed by atoms with Gasteiger partial charge in [0.05, 0.1) is 0 Å². The lowest BCUT2D eigenvalue weighted by atomic mass is 9.86. The first-order valence-corrected chi connectivity index (χ1v) is 6.62. The fourth-order valence-electron chi connectivity index (χ4n) is 2.40. The van der Waals surface area contributed by atoms with Crippen LogP contribution in [0.3, 0.4) is 0 Å². The zero-order chi connectivity index (χ0) is 11.8. The van der Waals surface area contributed by atoms with Crippen molar-refractivity contribution >= 4 is 18.3 Å². The molecule has 3 nitrogen and oxygen atoms in total. The van der Waals surface area contributed by atoms with Gasteiger partial charge in [0.2, 0.25) is 5.91 Å². The summed E-state index contributed by atoms with van der Waals surface area (Å²) < 4.78 is 0. The summed E-state index contributed by atoms with van der Waals surface area (Å²) in [5.74, 6) is 1.12. The van der Waals surface area contributed by atoms with E-state index in [2.05, 4.69) is 5.32 Å². The fourth-order valence-corrected chi connectivity index (χ4v) is 2.40. The normalized spacial score (nSPS) is 16.4. The molecule has 0 aromatic heterocycles. The maximum absolute atomic E-state index is 11.8. The summed E-state index contributed by atoms with van der Waals surface area (Å²) in [6, 6.07) is 0. The van der Waals surface area contributed by atoms with Crippen LogP contribution in [0.4, 0.5) is 0 Å². The van der Waals surface area contributed by atoms with E-state index in [1.807, 2.05) is 19.0 Å². The Hall–Kier alpha value is -0.280. The highest BCUT2D eigenvalue weighted by molar-refractivity contribution is 5.85. The summed E-state index contributed by atoms with van der Waals surface area (Å²) >= 11 is 0. The molecule has 1 rings (SSSR count). The molecule has 17 heavy (non-hydrogen) atoms. The van der Waals surface area contributed by atoms with E-state index in [0.717, 1.165) is 31.8 Å². The first-order chi connectivity index (χ1) is 7.74. The molecule has 1 aliphatic rings. The van der Waals surface area contributed by atoms with E-state index in [-0.39, 0.29) is 12.4 Å². The Morgan fingerprint density at radius 3 is 2.53 bits per heavy atom. The Kier molecular flexibility index (Phi) is 9.56. The Balaban J connectivity index is 0.00000256. The summed E-state index contributed by atoms with van der Waals surface area (Å²) in [5, 5.41) is 3.07. The minimum Gasteiger partial charge on any atom is -0.344 e. The fraction of sp³-hybridized carbons (Fsp3) is 0.923. The van der Waals surface area contributed by atoms with Gasteiger partial charge in [-0.2, -0.15) is 0 Å². The smallest absolute Gasteiger partial charge is 0.222 e. The molecule has 0 bridgehead atoms. The van der Waals surface area contributed by atoms with Gasteiger partial charge < -0.3 is 10.2 Å². The molecule has 0 atom stereocenters. The van der Waals surface area contributed by atoms with Crippen LogP contribution < -0.4 is 5.32 Å². The molecule has 102 valence electrons. The van der Waals surface area contributed by atoms with Crippen molar-refractivity contribution < 1.29 is 4.79 Å². The van der Waals surface area contributed by atoms with Crippen LogP contribution in [-0.2, 0) is 4.79 Å². The van der Waals surface area contributed by atoms with E-state index < -0.39 is 0 Å². The second kappa shape index (κ2) is 9.72. The highest BCUT2D eigenvalue weighted by Crippen LogP contribution is 2.27. The van der Waals surface area contributed by atoms with Gasteiger partial charge in [-0.15, -0.1) is 12.4 Å². The molecule has 0 saturated heterocycles. The molecule has 1 saturated carbocycles. The molecule has 1 N–H and O–H groups in total. The molecule has 0 aromatic rings. The molecule has 0 spiro atoms.